The number of rotatable bonds is 4. The molecular formula is C12H13N3O4. The maximum atomic E-state index is 11.9. The van der Waals surface area contributed by atoms with Crippen LogP contribution in [0.3, 0.4) is 0 Å². The Morgan fingerprint density at radius 2 is 1.58 bits per heavy atom. The van der Waals surface area contributed by atoms with Crippen LogP contribution in [0.15, 0.2) is 28.6 Å². The highest BCUT2D eigenvalue weighted by atomic mass is 16.7. The number of nitroso groups, excluding NO2 is 2. The van der Waals surface area contributed by atoms with Gasteiger partial charge in [-0.1, -0.05) is 6.42 Å². The minimum atomic E-state index is -0.614. The van der Waals surface area contributed by atoms with Crippen LogP contribution in [-0.4, -0.2) is 24.1 Å². The third-order valence-corrected chi connectivity index (χ3v) is 2.88. The van der Waals surface area contributed by atoms with Gasteiger partial charge in [-0.15, -0.1) is 14.9 Å². The zero-order chi connectivity index (χ0) is 13.7. The summed E-state index contributed by atoms with van der Waals surface area (Å²) in [7, 11) is 0. The van der Waals surface area contributed by atoms with Crippen LogP contribution in [0.2, 0.25) is 0 Å². The van der Waals surface area contributed by atoms with E-state index in [4.69, 9.17) is 4.84 Å². The first kappa shape index (κ1) is 13.3. The Balaban J connectivity index is 2.13. The molecule has 19 heavy (non-hydrogen) atoms. The van der Waals surface area contributed by atoms with Crippen molar-refractivity contribution in [3.63, 3.8) is 0 Å². The van der Waals surface area contributed by atoms with Crippen molar-refractivity contribution in [1.82, 2.24) is 5.06 Å². The van der Waals surface area contributed by atoms with E-state index in [0.717, 1.165) is 19.3 Å². The maximum Gasteiger partial charge on any atom is 0.357 e. The molecule has 0 aromatic heterocycles. The van der Waals surface area contributed by atoms with Crippen LogP contribution in [0.4, 0.5) is 11.4 Å². The molecule has 0 saturated carbocycles. The number of benzene rings is 1. The summed E-state index contributed by atoms with van der Waals surface area (Å²) in [6.45, 7) is 1.38. The number of hydrogen-bond donors (Lipinski definition) is 0. The molecule has 7 heteroatoms. The van der Waals surface area contributed by atoms with E-state index in [1.807, 2.05) is 0 Å². The van der Waals surface area contributed by atoms with E-state index in [1.54, 1.807) is 5.06 Å². The molecule has 0 radical (unpaired) electrons. The van der Waals surface area contributed by atoms with Gasteiger partial charge in [0.1, 0.15) is 11.4 Å². The Bertz CT molecular complexity index is 471. The Kier molecular flexibility index (Phi) is 4.30. The third-order valence-electron chi connectivity index (χ3n) is 2.88. The number of piperidine rings is 1. The lowest BCUT2D eigenvalue weighted by Gasteiger charge is -2.24. The number of carbonyl (C=O) groups is 1. The highest BCUT2D eigenvalue weighted by molar-refractivity contribution is 5.91. The van der Waals surface area contributed by atoms with Gasteiger partial charge in [-0.2, -0.15) is 0 Å². The van der Waals surface area contributed by atoms with Gasteiger partial charge in [0.2, 0.25) is 0 Å². The van der Waals surface area contributed by atoms with Gasteiger partial charge < -0.3 is 4.84 Å². The standard InChI is InChI=1S/C12H13N3O4/c16-12(19-15-4-2-1-3-5-15)9-6-10(13-17)8-11(7-9)14-18/h6-8H,1-5H2. The van der Waals surface area contributed by atoms with Crippen LogP contribution >= 0.6 is 0 Å². The largest absolute Gasteiger partial charge is 0.364 e. The van der Waals surface area contributed by atoms with Crippen molar-refractivity contribution in [3.05, 3.63) is 33.6 Å². The van der Waals surface area contributed by atoms with Gasteiger partial charge in [0, 0.05) is 13.1 Å². The second kappa shape index (κ2) is 6.14. The van der Waals surface area contributed by atoms with Crippen LogP contribution in [0.1, 0.15) is 29.6 Å². The van der Waals surface area contributed by atoms with Gasteiger partial charge in [0.25, 0.3) is 0 Å². The number of hydrogen-bond acceptors (Lipinski definition) is 7. The lowest BCUT2D eigenvalue weighted by atomic mass is 10.1. The lowest BCUT2D eigenvalue weighted by Crippen LogP contribution is -2.32. The molecule has 1 saturated heterocycles. The van der Waals surface area contributed by atoms with Crippen molar-refractivity contribution in [2.75, 3.05) is 13.1 Å². The molecule has 0 aliphatic carbocycles. The Hall–Kier alpha value is -2.15. The molecule has 1 aliphatic heterocycles. The van der Waals surface area contributed by atoms with Gasteiger partial charge in [-0.05, 0) is 41.4 Å². The average molecular weight is 263 g/mol. The molecule has 1 aliphatic rings. The van der Waals surface area contributed by atoms with E-state index >= 15 is 0 Å². The highest BCUT2D eigenvalue weighted by Crippen LogP contribution is 2.24. The second-order valence-electron chi connectivity index (χ2n) is 4.29. The van der Waals surface area contributed by atoms with Crippen molar-refractivity contribution in [1.29, 1.82) is 0 Å². The molecule has 100 valence electrons. The van der Waals surface area contributed by atoms with E-state index in [-0.39, 0.29) is 16.9 Å². The summed E-state index contributed by atoms with van der Waals surface area (Å²) < 4.78 is 0. The van der Waals surface area contributed by atoms with E-state index in [2.05, 4.69) is 10.4 Å². The molecule has 1 aromatic carbocycles. The normalized spacial score (nSPS) is 15.8. The first-order valence-corrected chi connectivity index (χ1v) is 6.02. The van der Waals surface area contributed by atoms with Crippen molar-refractivity contribution < 1.29 is 9.63 Å². The molecule has 0 atom stereocenters. The fraction of sp³-hybridized carbons (Fsp3) is 0.417. The monoisotopic (exact) mass is 263 g/mol. The van der Waals surface area contributed by atoms with Crippen LogP contribution < -0.4 is 0 Å². The molecule has 7 nitrogen and oxygen atoms in total. The summed E-state index contributed by atoms with van der Waals surface area (Å²) in [5.41, 5.74) is 0.0441. The quantitative estimate of drug-likeness (QED) is 0.779. The molecule has 1 aromatic rings. The Morgan fingerprint density at radius 3 is 2.11 bits per heavy atom. The van der Waals surface area contributed by atoms with Gasteiger partial charge in [0.05, 0.1) is 5.56 Å². The van der Waals surface area contributed by atoms with Crippen LogP contribution in [0.5, 0.6) is 0 Å². The first-order chi connectivity index (χ1) is 9.22. The number of carbonyl (C=O) groups excluding carboxylic acids is 1. The summed E-state index contributed by atoms with van der Waals surface area (Å²) in [6, 6.07) is 3.75. The van der Waals surface area contributed by atoms with E-state index in [1.165, 1.54) is 18.2 Å². The van der Waals surface area contributed by atoms with Crippen molar-refractivity contribution in [3.8, 4) is 0 Å². The molecule has 0 spiro atoms. The average Bonchev–Trinajstić information content (AvgIpc) is 2.47. The van der Waals surface area contributed by atoms with Gasteiger partial charge in [-0.25, -0.2) is 4.79 Å². The molecule has 0 N–H and O–H groups in total. The SMILES string of the molecule is O=Nc1cc(N=O)cc(C(=O)ON2CCCCC2)c1. The van der Waals surface area contributed by atoms with Crippen LogP contribution in [0.25, 0.3) is 0 Å². The molecule has 0 amide bonds. The molecule has 0 unspecified atom stereocenters. The Morgan fingerprint density at radius 1 is 1.00 bits per heavy atom. The Labute approximate surface area is 109 Å². The highest BCUT2D eigenvalue weighted by Gasteiger charge is 2.17. The van der Waals surface area contributed by atoms with Gasteiger partial charge in [0.15, 0.2) is 0 Å². The number of nitrogens with zero attached hydrogens (tertiary/aromatic N) is 3. The zero-order valence-electron chi connectivity index (χ0n) is 10.2. The summed E-state index contributed by atoms with van der Waals surface area (Å²) in [6.07, 6.45) is 3.08. The molecule has 1 heterocycles. The van der Waals surface area contributed by atoms with E-state index in [9.17, 15) is 14.6 Å². The number of hydroxylamine groups is 2. The van der Waals surface area contributed by atoms with E-state index < -0.39 is 5.97 Å². The minimum absolute atomic E-state index is 0.0253. The summed E-state index contributed by atoms with van der Waals surface area (Å²) in [5.74, 6) is -0.614. The third kappa shape index (κ3) is 3.41. The first-order valence-electron chi connectivity index (χ1n) is 6.02. The molecule has 2 rings (SSSR count). The second-order valence-corrected chi connectivity index (χ2v) is 4.29. The van der Waals surface area contributed by atoms with Crippen molar-refractivity contribution >= 4 is 17.3 Å². The summed E-state index contributed by atoms with van der Waals surface area (Å²) in [4.78, 5) is 38.0. The zero-order valence-corrected chi connectivity index (χ0v) is 10.2. The van der Waals surface area contributed by atoms with E-state index in [0.29, 0.717) is 13.1 Å². The lowest BCUT2D eigenvalue weighted by molar-refractivity contribution is -0.119. The maximum absolute atomic E-state index is 11.9. The summed E-state index contributed by atoms with van der Waals surface area (Å²) >= 11 is 0. The van der Waals surface area contributed by atoms with Crippen molar-refractivity contribution in [2.24, 2.45) is 10.4 Å². The predicted octanol–water partition coefficient (Wildman–Crippen LogP) is 3.04. The minimum Gasteiger partial charge on any atom is -0.364 e. The van der Waals surface area contributed by atoms with Gasteiger partial charge in [-0.3, -0.25) is 0 Å². The van der Waals surface area contributed by atoms with Crippen LogP contribution in [-0.2, 0) is 4.84 Å². The molecule has 1 fully saturated rings. The fourth-order valence-corrected chi connectivity index (χ4v) is 1.94. The van der Waals surface area contributed by atoms with Crippen molar-refractivity contribution in [2.45, 2.75) is 19.3 Å². The molecular weight excluding hydrogens is 250 g/mol. The smallest absolute Gasteiger partial charge is 0.357 e. The fourth-order valence-electron chi connectivity index (χ4n) is 1.94. The topological polar surface area (TPSA) is 88.4 Å². The van der Waals surface area contributed by atoms with Crippen LogP contribution in [0, 0.1) is 9.81 Å². The predicted molar refractivity (Wildman–Crippen MR) is 68.2 cm³/mol. The van der Waals surface area contributed by atoms with Gasteiger partial charge >= 0.3 is 5.97 Å². The molecule has 0 bridgehead atoms. The summed E-state index contributed by atoms with van der Waals surface area (Å²) in [5, 5.41) is 6.98.